The first kappa shape index (κ1) is 14.3. The van der Waals surface area contributed by atoms with Crippen molar-refractivity contribution in [2.24, 2.45) is 11.3 Å². The Balaban J connectivity index is 1.71. The fourth-order valence-corrected chi connectivity index (χ4v) is 3.33. The number of nitrogens with zero attached hydrogens (tertiary/aromatic N) is 1. The molecule has 3 nitrogen and oxygen atoms in total. The predicted molar refractivity (Wildman–Crippen MR) is 75.8 cm³/mol. The van der Waals surface area contributed by atoms with Crippen LogP contribution in [0.2, 0.25) is 0 Å². The molecular weight excluding hydrogens is 224 g/mol. The highest BCUT2D eigenvalue weighted by Gasteiger charge is 2.42. The van der Waals surface area contributed by atoms with Crippen LogP contribution < -0.4 is 5.32 Å². The lowest BCUT2D eigenvalue weighted by Crippen LogP contribution is -2.50. The molecule has 0 aliphatic heterocycles. The first-order valence-corrected chi connectivity index (χ1v) is 7.50. The van der Waals surface area contributed by atoms with Gasteiger partial charge in [0.2, 0.25) is 0 Å². The molecule has 2 unspecified atom stereocenters. The second-order valence-electron chi connectivity index (χ2n) is 6.86. The minimum atomic E-state index is 0.419. The highest BCUT2D eigenvalue weighted by atomic mass is 16.5. The van der Waals surface area contributed by atoms with E-state index in [0.29, 0.717) is 17.5 Å². The maximum atomic E-state index is 5.75. The first-order chi connectivity index (χ1) is 8.54. The van der Waals surface area contributed by atoms with Crippen LogP contribution in [0.25, 0.3) is 0 Å². The smallest absolute Gasteiger partial charge is 0.0593 e. The van der Waals surface area contributed by atoms with E-state index in [4.69, 9.17) is 4.74 Å². The third-order valence-corrected chi connectivity index (χ3v) is 4.83. The monoisotopic (exact) mass is 254 g/mol. The van der Waals surface area contributed by atoms with Gasteiger partial charge in [-0.05, 0) is 51.1 Å². The molecule has 0 bridgehead atoms. The summed E-state index contributed by atoms with van der Waals surface area (Å²) in [5, 5.41) is 3.52. The van der Waals surface area contributed by atoms with Gasteiger partial charge in [0.25, 0.3) is 0 Å². The van der Waals surface area contributed by atoms with Crippen LogP contribution in [-0.2, 0) is 4.74 Å². The summed E-state index contributed by atoms with van der Waals surface area (Å²) in [6, 6.07) is 1.26. The van der Waals surface area contributed by atoms with Gasteiger partial charge < -0.3 is 10.1 Å². The summed E-state index contributed by atoms with van der Waals surface area (Å²) in [5.41, 5.74) is 0.419. The second kappa shape index (κ2) is 5.89. The van der Waals surface area contributed by atoms with Gasteiger partial charge in [-0.2, -0.15) is 0 Å². The van der Waals surface area contributed by atoms with Crippen LogP contribution >= 0.6 is 0 Å². The quantitative estimate of drug-likeness (QED) is 0.704. The Labute approximate surface area is 112 Å². The lowest BCUT2D eigenvalue weighted by Gasteiger charge is -2.35. The molecular formula is C15H30N2O. The van der Waals surface area contributed by atoms with Crippen LogP contribution in [0.3, 0.4) is 0 Å². The molecule has 1 N–H and O–H groups in total. The van der Waals surface area contributed by atoms with Crippen molar-refractivity contribution >= 4 is 0 Å². The molecule has 0 aromatic carbocycles. The number of likely N-dealkylation sites (N-methyl/N-ethyl adjacent to an activating group) is 2. The van der Waals surface area contributed by atoms with E-state index in [1.54, 1.807) is 0 Å². The van der Waals surface area contributed by atoms with Crippen LogP contribution in [0.15, 0.2) is 0 Å². The summed E-state index contributed by atoms with van der Waals surface area (Å²) in [6.45, 7) is 7.70. The number of rotatable bonds is 7. The van der Waals surface area contributed by atoms with E-state index < -0.39 is 0 Å². The topological polar surface area (TPSA) is 24.5 Å². The maximum absolute atomic E-state index is 5.75. The molecule has 18 heavy (non-hydrogen) atoms. The zero-order chi connectivity index (χ0) is 13.2. The Morgan fingerprint density at radius 2 is 2.00 bits per heavy atom. The van der Waals surface area contributed by atoms with Gasteiger partial charge in [-0.3, -0.25) is 4.90 Å². The number of hydrogen-bond donors (Lipinski definition) is 1. The fourth-order valence-electron chi connectivity index (χ4n) is 3.33. The highest BCUT2D eigenvalue weighted by molar-refractivity contribution is 4.99. The molecule has 2 atom stereocenters. The Morgan fingerprint density at radius 3 is 2.61 bits per heavy atom. The highest BCUT2D eigenvalue weighted by Crippen LogP contribution is 2.39. The lowest BCUT2D eigenvalue weighted by molar-refractivity contribution is 0.0834. The van der Waals surface area contributed by atoms with Crippen molar-refractivity contribution in [3.05, 3.63) is 0 Å². The van der Waals surface area contributed by atoms with E-state index in [0.717, 1.165) is 25.7 Å². The Morgan fingerprint density at radius 1 is 1.28 bits per heavy atom. The van der Waals surface area contributed by atoms with Gasteiger partial charge in [0, 0.05) is 25.2 Å². The lowest BCUT2D eigenvalue weighted by atomic mass is 9.86. The van der Waals surface area contributed by atoms with Gasteiger partial charge in [-0.15, -0.1) is 0 Å². The minimum absolute atomic E-state index is 0.419. The number of hydrogen-bond acceptors (Lipinski definition) is 3. The molecule has 2 rings (SSSR count). The van der Waals surface area contributed by atoms with Crippen molar-refractivity contribution in [1.82, 2.24) is 10.2 Å². The Hall–Kier alpha value is -0.120. The van der Waals surface area contributed by atoms with Crippen molar-refractivity contribution < 1.29 is 4.74 Å². The molecule has 0 radical (unpaired) electrons. The van der Waals surface area contributed by atoms with Gasteiger partial charge in [0.15, 0.2) is 0 Å². The number of nitrogens with one attached hydrogen (secondary N) is 1. The third-order valence-electron chi connectivity index (χ3n) is 4.83. The average molecular weight is 254 g/mol. The normalized spacial score (nSPS) is 31.2. The van der Waals surface area contributed by atoms with Crippen molar-refractivity contribution in [2.75, 3.05) is 33.9 Å². The van der Waals surface area contributed by atoms with E-state index in [1.807, 2.05) is 0 Å². The van der Waals surface area contributed by atoms with Gasteiger partial charge in [-0.25, -0.2) is 0 Å². The SMILES string of the molecule is CNC1C(N(C)CCOCC2CC2)CCC1(C)C. The fraction of sp³-hybridized carbons (Fsp3) is 1.00. The summed E-state index contributed by atoms with van der Waals surface area (Å²) in [5.74, 6) is 0.880. The summed E-state index contributed by atoms with van der Waals surface area (Å²) in [6.07, 6.45) is 5.39. The zero-order valence-electron chi connectivity index (χ0n) is 12.5. The summed E-state index contributed by atoms with van der Waals surface area (Å²) < 4.78 is 5.75. The molecule has 0 saturated heterocycles. The van der Waals surface area contributed by atoms with Crippen LogP contribution in [-0.4, -0.2) is 50.8 Å². The van der Waals surface area contributed by atoms with Crippen LogP contribution in [0, 0.1) is 11.3 Å². The standard InChI is InChI=1S/C15H30N2O/c1-15(2)8-7-13(14(15)16-3)17(4)9-10-18-11-12-5-6-12/h12-14,16H,5-11H2,1-4H3. The predicted octanol–water partition coefficient (Wildman–Crippen LogP) is 2.12. The maximum Gasteiger partial charge on any atom is 0.0593 e. The van der Waals surface area contributed by atoms with Gasteiger partial charge in [0.05, 0.1) is 6.61 Å². The van der Waals surface area contributed by atoms with Crippen LogP contribution in [0.5, 0.6) is 0 Å². The van der Waals surface area contributed by atoms with E-state index in [-0.39, 0.29) is 0 Å². The van der Waals surface area contributed by atoms with E-state index in [2.05, 4.69) is 38.2 Å². The molecule has 2 saturated carbocycles. The summed E-state index contributed by atoms with van der Waals surface area (Å²) >= 11 is 0. The summed E-state index contributed by atoms with van der Waals surface area (Å²) in [4.78, 5) is 2.49. The molecule has 106 valence electrons. The van der Waals surface area contributed by atoms with E-state index >= 15 is 0 Å². The largest absolute Gasteiger partial charge is 0.380 e. The van der Waals surface area contributed by atoms with Gasteiger partial charge in [0.1, 0.15) is 0 Å². The summed E-state index contributed by atoms with van der Waals surface area (Å²) in [7, 11) is 4.35. The molecule has 0 spiro atoms. The molecule has 2 fully saturated rings. The van der Waals surface area contributed by atoms with Gasteiger partial charge >= 0.3 is 0 Å². The van der Waals surface area contributed by atoms with Crippen molar-refractivity contribution in [1.29, 1.82) is 0 Å². The third kappa shape index (κ3) is 3.46. The molecule has 0 amide bonds. The van der Waals surface area contributed by atoms with Gasteiger partial charge in [-0.1, -0.05) is 13.8 Å². The average Bonchev–Trinajstić information content (AvgIpc) is 3.08. The molecule has 2 aliphatic rings. The Kier molecular flexibility index (Phi) is 4.68. The molecule has 3 heteroatoms. The van der Waals surface area contributed by atoms with E-state index in [1.165, 1.54) is 25.7 Å². The second-order valence-corrected chi connectivity index (χ2v) is 6.86. The molecule has 0 aromatic rings. The molecule has 2 aliphatic carbocycles. The van der Waals surface area contributed by atoms with Crippen molar-refractivity contribution in [3.8, 4) is 0 Å². The first-order valence-electron chi connectivity index (χ1n) is 7.50. The molecule has 0 heterocycles. The van der Waals surface area contributed by atoms with Crippen LogP contribution in [0.4, 0.5) is 0 Å². The minimum Gasteiger partial charge on any atom is -0.380 e. The van der Waals surface area contributed by atoms with E-state index in [9.17, 15) is 0 Å². The van der Waals surface area contributed by atoms with Crippen molar-refractivity contribution in [3.63, 3.8) is 0 Å². The van der Waals surface area contributed by atoms with Crippen LogP contribution in [0.1, 0.15) is 39.5 Å². The number of ether oxygens (including phenoxy) is 1. The Bertz CT molecular complexity index is 263. The molecule has 0 aromatic heterocycles. The van der Waals surface area contributed by atoms with Crippen molar-refractivity contribution in [2.45, 2.75) is 51.6 Å². The zero-order valence-corrected chi connectivity index (χ0v) is 12.5.